The van der Waals surface area contributed by atoms with Crippen molar-refractivity contribution in [1.29, 1.82) is 0 Å². The van der Waals surface area contributed by atoms with E-state index in [1.807, 2.05) is 0 Å². The van der Waals surface area contributed by atoms with Crippen molar-refractivity contribution in [2.75, 3.05) is 12.4 Å². The summed E-state index contributed by atoms with van der Waals surface area (Å²) in [5, 5.41) is 11.6. The standard InChI is InChI=1S/C25H16BrCl2F3N6O2/c1-39-15-5-3-14(4-6-15)20-9-21(25(29,30)31)37-23(33-20)16(10-32-37)24(38)34-22-17(26)12-36(35-22)11-13-2-7-18(27)19(28)8-13/h2-10,12H,11H2,1H3,(H,34,35,38). The van der Waals surface area contributed by atoms with Crippen molar-refractivity contribution in [2.45, 2.75) is 12.7 Å². The molecule has 0 atom stereocenters. The topological polar surface area (TPSA) is 86.3 Å². The number of rotatable bonds is 6. The molecule has 0 bridgehead atoms. The first kappa shape index (κ1) is 27.0. The highest BCUT2D eigenvalue weighted by Crippen LogP contribution is 2.33. The molecule has 0 saturated heterocycles. The van der Waals surface area contributed by atoms with Crippen molar-refractivity contribution in [3.8, 4) is 17.0 Å². The van der Waals surface area contributed by atoms with E-state index in [4.69, 9.17) is 27.9 Å². The number of nitrogens with one attached hydrogen (secondary N) is 1. The van der Waals surface area contributed by atoms with Gasteiger partial charge in [0.05, 0.1) is 40.1 Å². The zero-order valence-electron chi connectivity index (χ0n) is 19.8. The number of carbonyl (C=O) groups is 1. The summed E-state index contributed by atoms with van der Waals surface area (Å²) in [6.07, 6.45) is -2.09. The lowest BCUT2D eigenvalue weighted by atomic mass is 10.1. The van der Waals surface area contributed by atoms with Gasteiger partial charge in [-0.25, -0.2) is 9.50 Å². The number of hydrogen-bond acceptors (Lipinski definition) is 5. The number of nitrogens with zero attached hydrogens (tertiary/aromatic N) is 5. The summed E-state index contributed by atoms with van der Waals surface area (Å²) in [5.41, 5.74) is -0.278. The Hall–Kier alpha value is -3.61. The molecule has 0 fully saturated rings. The Kier molecular flexibility index (Phi) is 7.27. The first-order chi connectivity index (χ1) is 18.5. The van der Waals surface area contributed by atoms with Gasteiger partial charge in [0, 0.05) is 11.8 Å². The molecule has 0 spiro atoms. The van der Waals surface area contributed by atoms with Crippen LogP contribution < -0.4 is 10.1 Å². The number of carbonyl (C=O) groups excluding carboxylic acids is 1. The molecular weight excluding hydrogens is 624 g/mol. The molecule has 0 aliphatic rings. The molecule has 5 aromatic rings. The highest BCUT2D eigenvalue weighted by Gasteiger charge is 2.36. The quantitative estimate of drug-likeness (QED) is 0.216. The van der Waals surface area contributed by atoms with Crippen LogP contribution in [0.1, 0.15) is 21.6 Å². The molecule has 5 rings (SSSR count). The molecule has 8 nitrogen and oxygen atoms in total. The zero-order valence-corrected chi connectivity index (χ0v) is 22.9. The Labute approximate surface area is 237 Å². The summed E-state index contributed by atoms with van der Waals surface area (Å²) < 4.78 is 49.5. The van der Waals surface area contributed by atoms with Gasteiger partial charge in [-0.15, -0.1) is 0 Å². The van der Waals surface area contributed by atoms with Crippen molar-refractivity contribution >= 4 is 56.5 Å². The number of ether oxygens (including phenoxy) is 1. The van der Waals surface area contributed by atoms with Crippen LogP contribution >= 0.6 is 39.1 Å². The minimum Gasteiger partial charge on any atom is -0.497 e. The molecule has 39 heavy (non-hydrogen) atoms. The van der Waals surface area contributed by atoms with Crippen LogP contribution in [0.5, 0.6) is 5.75 Å². The summed E-state index contributed by atoms with van der Waals surface area (Å²) in [4.78, 5) is 17.5. The number of aromatic nitrogens is 5. The minimum absolute atomic E-state index is 0.0131. The number of halogens is 6. The van der Waals surface area contributed by atoms with Gasteiger partial charge in [-0.05, 0) is 64.0 Å². The lowest BCUT2D eigenvalue weighted by Crippen LogP contribution is -2.16. The monoisotopic (exact) mass is 638 g/mol. The lowest BCUT2D eigenvalue weighted by Gasteiger charge is -2.12. The molecule has 0 radical (unpaired) electrons. The highest BCUT2D eigenvalue weighted by atomic mass is 79.9. The van der Waals surface area contributed by atoms with Gasteiger partial charge >= 0.3 is 6.18 Å². The molecule has 3 heterocycles. The van der Waals surface area contributed by atoms with E-state index < -0.39 is 17.8 Å². The second kappa shape index (κ2) is 10.5. The molecular formula is C25H16BrCl2F3N6O2. The Balaban J connectivity index is 1.47. The van der Waals surface area contributed by atoms with Gasteiger partial charge in [0.15, 0.2) is 17.2 Å². The second-order valence-corrected chi connectivity index (χ2v) is 9.94. The molecule has 14 heteroatoms. The number of amides is 1. The molecule has 1 amide bonds. The van der Waals surface area contributed by atoms with E-state index in [0.717, 1.165) is 17.8 Å². The summed E-state index contributed by atoms with van der Waals surface area (Å²) in [7, 11) is 1.48. The van der Waals surface area contributed by atoms with Gasteiger partial charge in [-0.3, -0.25) is 9.48 Å². The molecule has 0 aliphatic carbocycles. The van der Waals surface area contributed by atoms with Gasteiger partial charge in [0.1, 0.15) is 11.3 Å². The van der Waals surface area contributed by atoms with Gasteiger partial charge in [-0.1, -0.05) is 29.3 Å². The van der Waals surface area contributed by atoms with E-state index in [1.54, 1.807) is 53.3 Å². The molecule has 0 aliphatic heterocycles. The van der Waals surface area contributed by atoms with Gasteiger partial charge in [0.2, 0.25) is 0 Å². The number of benzene rings is 2. The van der Waals surface area contributed by atoms with E-state index >= 15 is 0 Å². The number of anilines is 1. The van der Waals surface area contributed by atoms with Crippen LogP contribution in [-0.2, 0) is 12.7 Å². The van der Waals surface area contributed by atoms with E-state index in [1.165, 1.54) is 7.11 Å². The van der Waals surface area contributed by atoms with E-state index in [2.05, 4.69) is 36.4 Å². The Morgan fingerprint density at radius 3 is 2.51 bits per heavy atom. The van der Waals surface area contributed by atoms with Crippen LogP contribution in [0.3, 0.4) is 0 Å². The maximum Gasteiger partial charge on any atom is 0.433 e. The third-order valence-corrected chi connectivity index (χ3v) is 6.99. The van der Waals surface area contributed by atoms with Gasteiger partial charge < -0.3 is 10.1 Å². The molecule has 200 valence electrons. The van der Waals surface area contributed by atoms with Gasteiger partial charge in [-0.2, -0.15) is 23.4 Å². The van der Waals surface area contributed by atoms with Crippen molar-refractivity contribution in [3.05, 3.63) is 92.3 Å². The predicted molar refractivity (Wildman–Crippen MR) is 143 cm³/mol. The van der Waals surface area contributed by atoms with Gasteiger partial charge in [0.25, 0.3) is 5.91 Å². The van der Waals surface area contributed by atoms with E-state index in [9.17, 15) is 18.0 Å². The summed E-state index contributed by atoms with van der Waals surface area (Å²) in [6.45, 7) is 0.323. The van der Waals surface area contributed by atoms with Crippen LogP contribution in [0.15, 0.2) is 65.4 Å². The number of hydrogen-bond donors (Lipinski definition) is 1. The summed E-state index contributed by atoms with van der Waals surface area (Å²) >= 11 is 15.4. The average Bonchev–Trinajstić information content (AvgIpc) is 3.48. The SMILES string of the molecule is COc1ccc(-c2cc(C(F)(F)F)n3ncc(C(=O)Nc4nn(Cc5ccc(Cl)c(Cl)c5)cc4Br)c3n2)cc1. The third kappa shape index (κ3) is 5.58. The number of fused-ring (bicyclic) bond motifs is 1. The smallest absolute Gasteiger partial charge is 0.433 e. The van der Waals surface area contributed by atoms with Crippen molar-refractivity contribution in [3.63, 3.8) is 0 Å². The van der Waals surface area contributed by atoms with E-state index in [0.29, 0.717) is 36.9 Å². The average molecular weight is 640 g/mol. The van der Waals surface area contributed by atoms with Crippen LogP contribution in [0.25, 0.3) is 16.9 Å². The maximum atomic E-state index is 13.9. The largest absolute Gasteiger partial charge is 0.497 e. The predicted octanol–water partition coefficient (Wildman–Crippen LogP) is 6.99. The highest BCUT2D eigenvalue weighted by molar-refractivity contribution is 9.10. The van der Waals surface area contributed by atoms with Crippen LogP contribution in [-0.4, -0.2) is 37.4 Å². The van der Waals surface area contributed by atoms with Crippen molar-refractivity contribution in [2.24, 2.45) is 0 Å². The van der Waals surface area contributed by atoms with E-state index in [-0.39, 0.29) is 22.7 Å². The molecule has 0 saturated carbocycles. The van der Waals surface area contributed by atoms with Crippen molar-refractivity contribution in [1.82, 2.24) is 24.4 Å². The van der Waals surface area contributed by atoms with Crippen LogP contribution in [0.4, 0.5) is 19.0 Å². The molecule has 3 aromatic heterocycles. The fraction of sp³-hybridized carbons (Fsp3) is 0.120. The summed E-state index contributed by atoms with van der Waals surface area (Å²) in [5.74, 6) is -0.0516. The first-order valence-electron chi connectivity index (χ1n) is 11.1. The van der Waals surface area contributed by atoms with Crippen molar-refractivity contribution < 1.29 is 22.7 Å². The fourth-order valence-corrected chi connectivity index (χ4v) is 4.53. The van der Waals surface area contributed by atoms with Crippen LogP contribution in [0, 0.1) is 0 Å². The minimum atomic E-state index is -4.76. The lowest BCUT2D eigenvalue weighted by molar-refractivity contribution is -0.142. The fourth-order valence-electron chi connectivity index (χ4n) is 3.80. The Morgan fingerprint density at radius 1 is 1.10 bits per heavy atom. The second-order valence-electron chi connectivity index (χ2n) is 8.27. The normalized spacial score (nSPS) is 11.7. The first-order valence-corrected chi connectivity index (χ1v) is 12.7. The third-order valence-electron chi connectivity index (χ3n) is 5.67. The summed E-state index contributed by atoms with van der Waals surface area (Å²) in [6, 6.07) is 12.4. The molecule has 2 aromatic carbocycles. The maximum absolute atomic E-state index is 13.9. The zero-order chi connectivity index (χ0) is 27.9. The number of methoxy groups -OCH3 is 1. The molecule has 1 N–H and O–H groups in total. The molecule has 0 unspecified atom stereocenters. The number of alkyl halides is 3. The Morgan fingerprint density at radius 2 is 1.85 bits per heavy atom. The van der Waals surface area contributed by atoms with Crippen LogP contribution in [0.2, 0.25) is 10.0 Å². The Bertz CT molecular complexity index is 1700.